The summed E-state index contributed by atoms with van der Waals surface area (Å²) in [6.07, 6.45) is 0. The molecule has 0 fully saturated rings. The summed E-state index contributed by atoms with van der Waals surface area (Å²) in [5, 5.41) is 12.5. The Morgan fingerprint density at radius 1 is 1.32 bits per heavy atom. The average Bonchev–Trinajstić information content (AvgIpc) is 2.96. The number of nitrogens with one attached hydrogen (secondary N) is 1. The fourth-order valence-corrected chi connectivity index (χ4v) is 3.56. The lowest BCUT2D eigenvalue weighted by atomic mass is 10.1. The van der Waals surface area contributed by atoms with Crippen molar-refractivity contribution in [2.45, 2.75) is 32.0 Å². The molecule has 0 spiro atoms. The molecule has 1 N–H and O–H groups in total. The highest BCUT2D eigenvalue weighted by atomic mass is 35.5. The lowest BCUT2D eigenvalue weighted by molar-refractivity contribution is -0.119. The molecule has 3 aromatic rings. The quantitative estimate of drug-likeness (QED) is 0.692. The molecule has 6 nitrogen and oxygen atoms in total. The predicted octanol–water partition coefficient (Wildman–Crippen LogP) is 3.36. The second-order valence-corrected chi connectivity index (χ2v) is 7.17. The summed E-state index contributed by atoms with van der Waals surface area (Å²) < 4.78 is 1.85. The fourth-order valence-electron chi connectivity index (χ4n) is 2.57. The van der Waals surface area contributed by atoms with Gasteiger partial charge in [0, 0.05) is 16.4 Å². The van der Waals surface area contributed by atoms with E-state index in [4.69, 9.17) is 11.6 Å². The summed E-state index contributed by atoms with van der Waals surface area (Å²) in [6.45, 7) is 5.81. The summed E-state index contributed by atoms with van der Waals surface area (Å²) in [5.41, 5.74) is 2.85. The van der Waals surface area contributed by atoms with Crippen LogP contribution >= 0.6 is 23.4 Å². The van der Waals surface area contributed by atoms with Crippen LogP contribution in [0.1, 0.15) is 29.9 Å². The van der Waals surface area contributed by atoms with Crippen LogP contribution < -0.4 is 5.32 Å². The van der Waals surface area contributed by atoms with E-state index in [1.54, 1.807) is 0 Å². The highest BCUT2D eigenvalue weighted by molar-refractivity contribution is 7.99. The van der Waals surface area contributed by atoms with Gasteiger partial charge in [-0.15, -0.1) is 10.2 Å². The van der Waals surface area contributed by atoms with Crippen molar-refractivity contribution in [3.63, 3.8) is 0 Å². The van der Waals surface area contributed by atoms with E-state index in [1.165, 1.54) is 11.8 Å². The maximum absolute atomic E-state index is 12.2. The molecule has 3 rings (SSSR count). The molecule has 25 heavy (non-hydrogen) atoms. The molecule has 0 saturated carbocycles. The van der Waals surface area contributed by atoms with Gasteiger partial charge in [-0.05, 0) is 44.5 Å². The third kappa shape index (κ3) is 4.11. The molecule has 8 heteroatoms. The predicted molar refractivity (Wildman–Crippen MR) is 99.0 cm³/mol. The second-order valence-electron chi connectivity index (χ2n) is 5.79. The van der Waals surface area contributed by atoms with E-state index in [1.807, 2.05) is 55.5 Å². The first-order valence-corrected chi connectivity index (χ1v) is 9.17. The minimum absolute atomic E-state index is 0.0769. The van der Waals surface area contributed by atoms with Gasteiger partial charge in [0.15, 0.2) is 5.16 Å². The van der Waals surface area contributed by atoms with Crippen molar-refractivity contribution in [3.05, 3.63) is 52.3 Å². The Morgan fingerprint density at radius 2 is 2.12 bits per heavy atom. The van der Waals surface area contributed by atoms with Crippen molar-refractivity contribution >= 4 is 35.0 Å². The van der Waals surface area contributed by atoms with E-state index < -0.39 is 0 Å². The van der Waals surface area contributed by atoms with Crippen LogP contribution in [0.3, 0.4) is 0 Å². The van der Waals surface area contributed by atoms with E-state index in [0.717, 1.165) is 17.0 Å². The molecule has 1 atom stereocenters. The number of carbonyl (C=O) groups is 1. The maximum Gasteiger partial charge on any atom is 0.256 e. The Morgan fingerprint density at radius 3 is 2.88 bits per heavy atom. The zero-order chi connectivity index (χ0) is 18.0. The minimum Gasteiger partial charge on any atom is -0.349 e. The van der Waals surface area contributed by atoms with Gasteiger partial charge in [0.05, 0.1) is 11.8 Å². The number of hydrogen-bond acceptors (Lipinski definition) is 5. The lowest BCUT2D eigenvalue weighted by Gasteiger charge is -2.14. The number of carbonyl (C=O) groups excluding carboxylic acids is 1. The number of nitrogens with zero attached hydrogens (tertiary/aromatic N) is 4. The number of hydrogen-bond donors (Lipinski definition) is 1. The lowest BCUT2D eigenvalue weighted by Crippen LogP contribution is -2.28. The van der Waals surface area contributed by atoms with Gasteiger partial charge in [-0.1, -0.05) is 35.5 Å². The Hall–Kier alpha value is -2.12. The molecule has 2 aromatic heterocycles. The number of fused-ring (bicyclic) bond motifs is 1. The van der Waals surface area contributed by atoms with Crippen LogP contribution in [-0.2, 0) is 4.79 Å². The molecule has 2 heterocycles. The highest BCUT2D eigenvalue weighted by Gasteiger charge is 2.14. The molecule has 0 aliphatic carbocycles. The van der Waals surface area contributed by atoms with Crippen LogP contribution in [0.5, 0.6) is 0 Å². The topological polar surface area (TPSA) is 72.2 Å². The largest absolute Gasteiger partial charge is 0.349 e. The van der Waals surface area contributed by atoms with E-state index in [9.17, 15) is 4.79 Å². The zero-order valence-electron chi connectivity index (χ0n) is 14.2. The number of thioether (sulfide) groups is 1. The molecule has 130 valence electrons. The van der Waals surface area contributed by atoms with Crippen molar-refractivity contribution in [2.24, 2.45) is 0 Å². The summed E-state index contributed by atoms with van der Waals surface area (Å²) >= 11 is 7.33. The molecule has 0 unspecified atom stereocenters. The number of halogens is 1. The van der Waals surface area contributed by atoms with Crippen LogP contribution in [0.25, 0.3) is 5.78 Å². The van der Waals surface area contributed by atoms with E-state index >= 15 is 0 Å². The van der Waals surface area contributed by atoms with E-state index in [-0.39, 0.29) is 17.7 Å². The summed E-state index contributed by atoms with van der Waals surface area (Å²) in [7, 11) is 0. The van der Waals surface area contributed by atoms with Gasteiger partial charge >= 0.3 is 0 Å². The molecular weight excluding hydrogens is 358 g/mol. The number of rotatable bonds is 5. The third-order valence-electron chi connectivity index (χ3n) is 3.72. The molecule has 0 saturated heterocycles. The van der Waals surface area contributed by atoms with Crippen molar-refractivity contribution in [1.29, 1.82) is 0 Å². The monoisotopic (exact) mass is 375 g/mol. The minimum atomic E-state index is -0.118. The first-order chi connectivity index (χ1) is 11.9. The van der Waals surface area contributed by atoms with E-state index in [0.29, 0.717) is 16.0 Å². The molecule has 0 aliphatic rings. The normalized spacial score (nSPS) is 12.3. The number of aromatic nitrogens is 4. The van der Waals surface area contributed by atoms with Crippen molar-refractivity contribution in [2.75, 3.05) is 5.75 Å². The number of aryl methyl sites for hydroxylation is 2. The van der Waals surface area contributed by atoms with Crippen molar-refractivity contribution in [3.8, 4) is 0 Å². The van der Waals surface area contributed by atoms with Crippen LogP contribution in [-0.4, -0.2) is 31.2 Å². The molecule has 0 bridgehead atoms. The SMILES string of the molecule is Cc1cc(C)n2c(SCC(=O)N[C@H](C)c3cccc(Cl)c3)nnc2n1. The fraction of sp³-hybridized carbons (Fsp3) is 0.294. The van der Waals surface area contributed by atoms with E-state index in [2.05, 4.69) is 20.5 Å². The highest BCUT2D eigenvalue weighted by Crippen LogP contribution is 2.20. The average molecular weight is 376 g/mol. The van der Waals surface area contributed by atoms with Gasteiger partial charge in [0.1, 0.15) is 0 Å². The Bertz CT molecular complexity index is 927. The Labute approximate surface area is 155 Å². The first kappa shape index (κ1) is 17.7. The smallest absolute Gasteiger partial charge is 0.256 e. The summed E-state index contributed by atoms with van der Waals surface area (Å²) in [4.78, 5) is 16.6. The van der Waals surface area contributed by atoms with Gasteiger partial charge in [-0.25, -0.2) is 4.98 Å². The third-order valence-corrected chi connectivity index (χ3v) is 4.89. The summed E-state index contributed by atoms with van der Waals surface area (Å²) in [6, 6.07) is 9.31. The maximum atomic E-state index is 12.2. The van der Waals surface area contributed by atoms with Gasteiger partial charge in [-0.3, -0.25) is 9.20 Å². The standard InChI is InChI=1S/C17H18ClN5OS/c1-10-7-11(2)23-16(19-10)21-22-17(23)25-9-15(24)20-12(3)13-5-4-6-14(18)8-13/h4-8,12H,9H2,1-3H3,(H,20,24)/t12-/m1/s1. The van der Waals surface area contributed by atoms with Crippen LogP contribution in [0.2, 0.25) is 5.02 Å². The molecular formula is C17H18ClN5OS. The second kappa shape index (κ2) is 7.41. The van der Waals surface area contributed by atoms with Crippen molar-refractivity contribution in [1.82, 2.24) is 24.9 Å². The van der Waals surface area contributed by atoms with Gasteiger partial charge in [-0.2, -0.15) is 0 Å². The van der Waals surface area contributed by atoms with Crippen molar-refractivity contribution < 1.29 is 4.79 Å². The number of benzene rings is 1. The van der Waals surface area contributed by atoms with Crippen LogP contribution in [0.15, 0.2) is 35.5 Å². The van der Waals surface area contributed by atoms with Gasteiger partial charge in [0.2, 0.25) is 5.91 Å². The van der Waals surface area contributed by atoms with Crippen LogP contribution in [0, 0.1) is 13.8 Å². The molecule has 0 radical (unpaired) electrons. The number of amides is 1. The zero-order valence-corrected chi connectivity index (χ0v) is 15.7. The summed E-state index contributed by atoms with van der Waals surface area (Å²) in [5.74, 6) is 0.721. The van der Waals surface area contributed by atoms with Crippen LogP contribution in [0.4, 0.5) is 0 Å². The first-order valence-electron chi connectivity index (χ1n) is 7.81. The van der Waals surface area contributed by atoms with Gasteiger partial charge < -0.3 is 5.32 Å². The molecule has 1 aromatic carbocycles. The Balaban J connectivity index is 1.65. The van der Waals surface area contributed by atoms with Gasteiger partial charge in [0.25, 0.3) is 5.78 Å². The molecule has 0 aliphatic heterocycles. The Kier molecular flexibility index (Phi) is 5.24. The molecule has 1 amide bonds.